The molecule has 0 radical (unpaired) electrons. The minimum absolute atomic E-state index is 0.419. The van der Waals surface area contributed by atoms with Gasteiger partial charge in [0.15, 0.2) is 0 Å². The van der Waals surface area contributed by atoms with Crippen LogP contribution >= 0.6 is 0 Å². The lowest BCUT2D eigenvalue weighted by atomic mass is 9.71. The number of hydrogen-bond acceptors (Lipinski definition) is 1. The summed E-state index contributed by atoms with van der Waals surface area (Å²) in [5.74, 6) is 1.99. The van der Waals surface area contributed by atoms with E-state index in [4.69, 9.17) is 5.73 Å². The van der Waals surface area contributed by atoms with Gasteiger partial charge >= 0.3 is 0 Å². The summed E-state index contributed by atoms with van der Waals surface area (Å²) in [4.78, 5) is 0. The maximum atomic E-state index is 5.69. The van der Waals surface area contributed by atoms with Crippen LogP contribution in [0.25, 0.3) is 0 Å². The van der Waals surface area contributed by atoms with E-state index < -0.39 is 0 Å². The first-order chi connectivity index (χ1) is 4.72. The van der Waals surface area contributed by atoms with Gasteiger partial charge < -0.3 is 5.73 Å². The van der Waals surface area contributed by atoms with E-state index in [-0.39, 0.29) is 0 Å². The van der Waals surface area contributed by atoms with Gasteiger partial charge in [-0.15, -0.1) is 0 Å². The molecule has 0 aromatic carbocycles. The molecule has 1 nitrogen and oxygen atoms in total. The molecular formula is C9H19N. The van der Waals surface area contributed by atoms with E-state index >= 15 is 0 Å². The smallest absolute Gasteiger partial charge is 0.00131 e. The Hall–Kier alpha value is -0.0400. The first-order valence-electron chi connectivity index (χ1n) is 4.48. The van der Waals surface area contributed by atoms with E-state index in [0.29, 0.717) is 6.04 Å². The Labute approximate surface area is 64.0 Å². The van der Waals surface area contributed by atoms with Crippen molar-refractivity contribution in [3.05, 3.63) is 0 Å². The lowest BCUT2D eigenvalue weighted by Gasteiger charge is -2.35. The molecule has 1 saturated carbocycles. The van der Waals surface area contributed by atoms with Crippen molar-refractivity contribution >= 4 is 0 Å². The average molecular weight is 141 g/mol. The Morgan fingerprint density at radius 3 is 2.40 bits per heavy atom. The lowest BCUT2D eigenvalue weighted by molar-refractivity contribution is 0.170. The zero-order chi connectivity index (χ0) is 7.56. The lowest BCUT2D eigenvalue weighted by Crippen LogP contribution is -2.29. The summed E-state index contributed by atoms with van der Waals surface area (Å²) in [5, 5.41) is 0. The van der Waals surface area contributed by atoms with Gasteiger partial charge in [-0.3, -0.25) is 0 Å². The second kappa shape index (κ2) is 3.38. The maximum Gasteiger partial charge on any atom is 0.00131 e. The van der Waals surface area contributed by atoms with Crippen molar-refractivity contribution in [2.45, 2.75) is 45.6 Å². The van der Waals surface area contributed by atoms with Gasteiger partial charge in [-0.05, 0) is 38.0 Å². The predicted octanol–water partition coefficient (Wildman–Crippen LogP) is 2.16. The monoisotopic (exact) mass is 141 g/mol. The fraction of sp³-hybridized carbons (Fsp3) is 1.00. The summed E-state index contributed by atoms with van der Waals surface area (Å²) in [5.41, 5.74) is 5.69. The van der Waals surface area contributed by atoms with Gasteiger partial charge in [0.25, 0.3) is 0 Å². The van der Waals surface area contributed by atoms with Crippen LogP contribution in [0.5, 0.6) is 0 Å². The van der Waals surface area contributed by atoms with Gasteiger partial charge in [-0.2, -0.15) is 0 Å². The van der Waals surface area contributed by atoms with Gasteiger partial charge in [-0.1, -0.05) is 13.3 Å². The zero-order valence-electron chi connectivity index (χ0n) is 7.14. The van der Waals surface area contributed by atoms with Gasteiger partial charge in [0.05, 0.1) is 0 Å². The van der Waals surface area contributed by atoms with Gasteiger partial charge in [-0.25, -0.2) is 0 Å². The molecule has 10 heavy (non-hydrogen) atoms. The minimum atomic E-state index is 0.419. The van der Waals surface area contributed by atoms with Crippen LogP contribution in [-0.2, 0) is 0 Å². The van der Waals surface area contributed by atoms with E-state index in [1.165, 1.54) is 25.7 Å². The molecule has 0 spiro atoms. The quantitative estimate of drug-likeness (QED) is 0.640. The fourth-order valence-corrected chi connectivity index (χ4v) is 1.93. The average Bonchev–Trinajstić information content (AvgIpc) is 1.76. The molecule has 0 aliphatic heterocycles. The molecule has 2 N–H and O–H groups in total. The molecule has 0 saturated heterocycles. The van der Waals surface area contributed by atoms with E-state index in [0.717, 1.165) is 11.8 Å². The third kappa shape index (κ3) is 1.98. The standard InChI is InChI=1S/C9H19N/c1-3-8-5-9(6-8)4-7(2)10/h7-9H,3-6,10H2,1-2H3. The molecule has 0 aromatic heterocycles. The molecule has 1 rings (SSSR count). The predicted molar refractivity (Wildman–Crippen MR) is 44.8 cm³/mol. The molecular weight excluding hydrogens is 122 g/mol. The van der Waals surface area contributed by atoms with Crippen LogP contribution in [0.3, 0.4) is 0 Å². The van der Waals surface area contributed by atoms with Crippen molar-refractivity contribution in [3.8, 4) is 0 Å². The summed E-state index contributed by atoms with van der Waals surface area (Å²) in [6.07, 6.45) is 5.50. The first kappa shape index (κ1) is 8.06. The molecule has 1 heteroatoms. The highest BCUT2D eigenvalue weighted by Crippen LogP contribution is 2.38. The molecule has 60 valence electrons. The summed E-state index contributed by atoms with van der Waals surface area (Å²) < 4.78 is 0. The Morgan fingerprint density at radius 1 is 1.40 bits per heavy atom. The van der Waals surface area contributed by atoms with Gasteiger partial charge in [0.2, 0.25) is 0 Å². The van der Waals surface area contributed by atoms with E-state index in [2.05, 4.69) is 13.8 Å². The largest absolute Gasteiger partial charge is 0.328 e. The highest BCUT2D eigenvalue weighted by Gasteiger charge is 2.27. The highest BCUT2D eigenvalue weighted by molar-refractivity contribution is 4.80. The second-order valence-electron chi connectivity index (χ2n) is 3.82. The van der Waals surface area contributed by atoms with Crippen LogP contribution in [0, 0.1) is 11.8 Å². The fourth-order valence-electron chi connectivity index (χ4n) is 1.93. The van der Waals surface area contributed by atoms with Crippen molar-refractivity contribution in [1.82, 2.24) is 0 Å². The topological polar surface area (TPSA) is 26.0 Å². The molecule has 1 unspecified atom stereocenters. The number of hydrogen-bond donors (Lipinski definition) is 1. The van der Waals surface area contributed by atoms with Crippen molar-refractivity contribution in [3.63, 3.8) is 0 Å². The highest BCUT2D eigenvalue weighted by atomic mass is 14.6. The summed E-state index contributed by atoms with van der Waals surface area (Å²) >= 11 is 0. The van der Waals surface area contributed by atoms with E-state index in [9.17, 15) is 0 Å². The molecule has 1 aliphatic carbocycles. The Morgan fingerprint density at radius 2 is 2.00 bits per heavy atom. The Balaban J connectivity index is 2.03. The van der Waals surface area contributed by atoms with Crippen molar-refractivity contribution in [2.24, 2.45) is 17.6 Å². The Bertz CT molecular complexity index is 92.9. The Kier molecular flexibility index (Phi) is 2.72. The molecule has 0 bridgehead atoms. The summed E-state index contributed by atoms with van der Waals surface area (Å²) in [6, 6.07) is 0.419. The molecule has 1 fully saturated rings. The zero-order valence-corrected chi connectivity index (χ0v) is 7.14. The van der Waals surface area contributed by atoms with Crippen LogP contribution in [0.15, 0.2) is 0 Å². The van der Waals surface area contributed by atoms with Gasteiger partial charge in [0.1, 0.15) is 0 Å². The number of rotatable bonds is 3. The minimum Gasteiger partial charge on any atom is -0.328 e. The number of nitrogens with two attached hydrogens (primary N) is 1. The maximum absolute atomic E-state index is 5.69. The first-order valence-corrected chi connectivity index (χ1v) is 4.48. The molecule has 0 amide bonds. The van der Waals surface area contributed by atoms with E-state index in [1.54, 1.807) is 0 Å². The normalized spacial score (nSPS) is 35.1. The van der Waals surface area contributed by atoms with Crippen LogP contribution in [-0.4, -0.2) is 6.04 Å². The van der Waals surface area contributed by atoms with E-state index in [1.807, 2.05) is 0 Å². The van der Waals surface area contributed by atoms with Crippen LogP contribution < -0.4 is 5.73 Å². The SMILES string of the molecule is CCC1CC(CC(C)N)C1. The summed E-state index contributed by atoms with van der Waals surface area (Å²) in [6.45, 7) is 4.39. The van der Waals surface area contributed by atoms with Crippen molar-refractivity contribution < 1.29 is 0 Å². The second-order valence-corrected chi connectivity index (χ2v) is 3.82. The third-order valence-electron chi connectivity index (χ3n) is 2.62. The molecule has 0 heterocycles. The molecule has 0 aromatic rings. The molecule has 1 atom stereocenters. The third-order valence-corrected chi connectivity index (χ3v) is 2.62. The van der Waals surface area contributed by atoms with Crippen LogP contribution in [0.4, 0.5) is 0 Å². The van der Waals surface area contributed by atoms with Crippen LogP contribution in [0.2, 0.25) is 0 Å². The van der Waals surface area contributed by atoms with Gasteiger partial charge in [0, 0.05) is 6.04 Å². The molecule has 1 aliphatic rings. The van der Waals surface area contributed by atoms with Crippen molar-refractivity contribution in [1.29, 1.82) is 0 Å². The summed E-state index contributed by atoms with van der Waals surface area (Å²) in [7, 11) is 0. The van der Waals surface area contributed by atoms with Crippen molar-refractivity contribution in [2.75, 3.05) is 0 Å². The van der Waals surface area contributed by atoms with Crippen LogP contribution in [0.1, 0.15) is 39.5 Å².